The van der Waals surface area contributed by atoms with Gasteiger partial charge in [0.05, 0.1) is 6.04 Å². The average molecular weight is 232 g/mol. The predicted octanol–water partition coefficient (Wildman–Crippen LogP) is 1.57. The predicted molar refractivity (Wildman–Crippen MR) is 68.5 cm³/mol. The maximum Gasteiger partial charge on any atom is 0.239 e. The van der Waals surface area contributed by atoms with E-state index >= 15 is 0 Å². The number of likely N-dealkylation sites (tertiary alicyclic amines) is 1. The molecule has 2 atom stereocenters. The van der Waals surface area contributed by atoms with Gasteiger partial charge in [-0.15, -0.1) is 0 Å². The Kier molecular flexibility index (Phi) is 3.79. The van der Waals surface area contributed by atoms with Crippen LogP contribution in [0.3, 0.4) is 0 Å². The van der Waals surface area contributed by atoms with E-state index in [1.165, 1.54) is 5.56 Å². The summed E-state index contributed by atoms with van der Waals surface area (Å²) >= 11 is 0. The Hall–Kier alpha value is -1.35. The molecule has 0 radical (unpaired) electrons. The number of hydrogen-bond acceptors (Lipinski definition) is 2. The minimum Gasteiger partial charge on any atom is -0.338 e. The first kappa shape index (κ1) is 12.1. The number of benzene rings is 1. The van der Waals surface area contributed by atoms with Crippen molar-refractivity contribution in [1.82, 2.24) is 4.90 Å². The average Bonchev–Trinajstić information content (AvgIpc) is 2.77. The van der Waals surface area contributed by atoms with Crippen molar-refractivity contribution >= 4 is 5.91 Å². The van der Waals surface area contributed by atoms with Crippen molar-refractivity contribution in [3.63, 3.8) is 0 Å². The highest BCUT2D eigenvalue weighted by Gasteiger charge is 2.29. The summed E-state index contributed by atoms with van der Waals surface area (Å²) in [5, 5.41) is 0. The molecule has 0 aromatic heterocycles. The number of nitrogens with zero attached hydrogens (tertiary/aromatic N) is 1. The zero-order chi connectivity index (χ0) is 12.3. The van der Waals surface area contributed by atoms with Crippen molar-refractivity contribution in [2.75, 3.05) is 6.54 Å². The molecule has 1 aromatic carbocycles. The van der Waals surface area contributed by atoms with E-state index in [1.807, 2.05) is 23.1 Å². The quantitative estimate of drug-likeness (QED) is 0.859. The first-order valence-electron chi connectivity index (χ1n) is 6.28. The van der Waals surface area contributed by atoms with Crippen LogP contribution in [-0.4, -0.2) is 29.4 Å². The summed E-state index contributed by atoms with van der Waals surface area (Å²) < 4.78 is 0. The van der Waals surface area contributed by atoms with Crippen LogP contribution >= 0.6 is 0 Å². The minimum atomic E-state index is -0.383. The molecule has 92 valence electrons. The Morgan fingerprint density at radius 3 is 2.82 bits per heavy atom. The minimum absolute atomic E-state index is 0.0865. The van der Waals surface area contributed by atoms with Gasteiger partial charge in [0.15, 0.2) is 0 Å². The third-order valence-electron chi connectivity index (χ3n) is 3.36. The summed E-state index contributed by atoms with van der Waals surface area (Å²) in [5.74, 6) is 0.0865. The van der Waals surface area contributed by atoms with Crippen LogP contribution in [0, 0.1) is 0 Å². The van der Waals surface area contributed by atoms with Crippen molar-refractivity contribution in [3.8, 4) is 0 Å². The molecule has 0 spiro atoms. The van der Waals surface area contributed by atoms with Gasteiger partial charge in [0.2, 0.25) is 5.91 Å². The van der Waals surface area contributed by atoms with Gasteiger partial charge in [0.25, 0.3) is 0 Å². The lowest BCUT2D eigenvalue weighted by Gasteiger charge is -2.26. The molecular formula is C14H20N2O. The molecular weight excluding hydrogens is 212 g/mol. The fourth-order valence-corrected chi connectivity index (χ4v) is 2.49. The summed E-state index contributed by atoms with van der Waals surface area (Å²) in [5.41, 5.74) is 6.97. The molecule has 3 heteroatoms. The smallest absolute Gasteiger partial charge is 0.239 e. The van der Waals surface area contributed by atoms with Gasteiger partial charge >= 0.3 is 0 Å². The molecule has 1 unspecified atom stereocenters. The molecule has 1 aliphatic heterocycles. The van der Waals surface area contributed by atoms with Crippen LogP contribution in [0.15, 0.2) is 30.3 Å². The second kappa shape index (κ2) is 5.32. The van der Waals surface area contributed by atoms with Crippen LogP contribution in [-0.2, 0) is 11.2 Å². The van der Waals surface area contributed by atoms with Gasteiger partial charge in [-0.25, -0.2) is 0 Å². The van der Waals surface area contributed by atoms with Gasteiger partial charge in [-0.2, -0.15) is 0 Å². The third kappa shape index (κ3) is 2.86. The van der Waals surface area contributed by atoms with Crippen molar-refractivity contribution in [1.29, 1.82) is 0 Å². The van der Waals surface area contributed by atoms with Crippen LogP contribution in [0.4, 0.5) is 0 Å². The standard InChI is InChI=1S/C14H20N2O/c1-11(15)14(17)16-9-5-8-13(16)10-12-6-3-2-4-7-12/h2-4,6-7,11,13H,5,8-10,15H2,1H3/t11-,13?/m1/s1. The SMILES string of the molecule is C[C@@H](N)C(=O)N1CCCC1Cc1ccccc1. The second-order valence-corrected chi connectivity index (χ2v) is 4.81. The van der Waals surface area contributed by atoms with E-state index < -0.39 is 0 Å². The number of carbonyl (C=O) groups excluding carboxylic acids is 1. The first-order valence-corrected chi connectivity index (χ1v) is 6.28. The summed E-state index contributed by atoms with van der Waals surface area (Å²) in [4.78, 5) is 13.9. The first-order chi connectivity index (χ1) is 8.18. The lowest BCUT2D eigenvalue weighted by atomic mass is 10.0. The van der Waals surface area contributed by atoms with Crippen molar-refractivity contribution in [3.05, 3.63) is 35.9 Å². The van der Waals surface area contributed by atoms with Crippen molar-refractivity contribution < 1.29 is 4.79 Å². The van der Waals surface area contributed by atoms with E-state index in [0.717, 1.165) is 25.8 Å². The van der Waals surface area contributed by atoms with Crippen LogP contribution in [0.25, 0.3) is 0 Å². The number of amides is 1. The highest BCUT2D eigenvalue weighted by atomic mass is 16.2. The summed E-state index contributed by atoms with van der Waals surface area (Å²) in [7, 11) is 0. The molecule has 2 N–H and O–H groups in total. The Labute approximate surface area is 103 Å². The molecule has 3 nitrogen and oxygen atoms in total. The Morgan fingerprint density at radius 2 is 2.18 bits per heavy atom. The largest absolute Gasteiger partial charge is 0.338 e. The molecule has 17 heavy (non-hydrogen) atoms. The topological polar surface area (TPSA) is 46.3 Å². The zero-order valence-corrected chi connectivity index (χ0v) is 10.3. The molecule has 1 aliphatic rings. The van der Waals surface area contributed by atoms with Crippen LogP contribution in [0.5, 0.6) is 0 Å². The molecule has 1 saturated heterocycles. The van der Waals surface area contributed by atoms with E-state index in [1.54, 1.807) is 6.92 Å². The summed E-state index contributed by atoms with van der Waals surface area (Å²) in [6.07, 6.45) is 3.13. The maximum atomic E-state index is 11.9. The molecule has 0 saturated carbocycles. The van der Waals surface area contributed by atoms with Crippen LogP contribution in [0.1, 0.15) is 25.3 Å². The molecule has 1 amide bonds. The van der Waals surface area contributed by atoms with Gasteiger partial charge in [0.1, 0.15) is 0 Å². The van der Waals surface area contributed by atoms with E-state index in [-0.39, 0.29) is 11.9 Å². The van der Waals surface area contributed by atoms with Gasteiger partial charge in [0, 0.05) is 12.6 Å². The van der Waals surface area contributed by atoms with Crippen LogP contribution in [0.2, 0.25) is 0 Å². The van der Waals surface area contributed by atoms with Gasteiger partial charge in [-0.05, 0) is 31.7 Å². The number of hydrogen-bond donors (Lipinski definition) is 1. The lowest BCUT2D eigenvalue weighted by Crippen LogP contribution is -2.45. The van der Waals surface area contributed by atoms with Gasteiger partial charge in [-0.3, -0.25) is 4.79 Å². The Bertz CT molecular complexity index is 375. The van der Waals surface area contributed by atoms with Crippen LogP contribution < -0.4 is 5.73 Å². The van der Waals surface area contributed by atoms with E-state index in [0.29, 0.717) is 6.04 Å². The fraction of sp³-hybridized carbons (Fsp3) is 0.500. The van der Waals surface area contributed by atoms with Crippen molar-refractivity contribution in [2.45, 2.75) is 38.3 Å². The molecule has 1 aromatic rings. The summed E-state index contributed by atoms with van der Waals surface area (Å²) in [6, 6.07) is 10.3. The fourth-order valence-electron chi connectivity index (χ4n) is 2.49. The Balaban J connectivity index is 2.03. The molecule has 2 rings (SSSR count). The van der Waals surface area contributed by atoms with E-state index in [2.05, 4.69) is 12.1 Å². The lowest BCUT2D eigenvalue weighted by molar-refractivity contribution is -0.132. The molecule has 0 bridgehead atoms. The number of carbonyl (C=O) groups is 1. The summed E-state index contributed by atoms with van der Waals surface area (Å²) in [6.45, 7) is 2.62. The van der Waals surface area contributed by atoms with Gasteiger partial charge < -0.3 is 10.6 Å². The monoisotopic (exact) mass is 232 g/mol. The van der Waals surface area contributed by atoms with Gasteiger partial charge in [-0.1, -0.05) is 30.3 Å². The third-order valence-corrected chi connectivity index (χ3v) is 3.36. The second-order valence-electron chi connectivity index (χ2n) is 4.81. The molecule has 0 aliphatic carbocycles. The van der Waals surface area contributed by atoms with Crippen molar-refractivity contribution in [2.24, 2.45) is 5.73 Å². The van der Waals surface area contributed by atoms with E-state index in [9.17, 15) is 4.79 Å². The zero-order valence-electron chi connectivity index (χ0n) is 10.3. The number of nitrogens with two attached hydrogens (primary N) is 1. The Morgan fingerprint density at radius 1 is 1.47 bits per heavy atom. The molecule has 1 heterocycles. The maximum absolute atomic E-state index is 11.9. The van der Waals surface area contributed by atoms with E-state index in [4.69, 9.17) is 5.73 Å². The normalized spacial score (nSPS) is 21.5. The highest BCUT2D eigenvalue weighted by molar-refractivity contribution is 5.81. The highest BCUT2D eigenvalue weighted by Crippen LogP contribution is 2.21. The number of rotatable bonds is 3. The molecule has 1 fully saturated rings.